The SMILES string of the molecule is CC(=O)c1cccc(S(=O)(=O)Nc2ccc(Sc3nncs3)c(Cl)c2)c1. The third kappa shape index (κ3) is 4.42. The minimum atomic E-state index is -3.84. The Bertz CT molecular complexity index is 1050. The number of hydrogen-bond donors (Lipinski definition) is 1. The van der Waals surface area contributed by atoms with E-state index in [1.54, 1.807) is 23.7 Å². The third-order valence-electron chi connectivity index (χ3n) is 3.27. The number of halogens is 1. The van der Waals surface area contributed by atoms with Crippen molar-refractivity contribution in [2.24, 2.45) is 0 Å². The number of Topliss-reactive ketones (excluding diaryl/α,β-unsaturated/α-hetero) is 1. The molecule has 0 saturated heterocycles. The lowest BCUT2D eigenvalue weighted by molar-refractivity contribution is 0.101. The first kappa shape index (κ1) is 18.8. The highest BCUT2D eigenvalue weighted by Gasteiger charge is 2.16. The van der Waals surface area contributed by atoms with Crippen LogP contribution in [-0.4, -0.2) is 24.4 Å². The molecular weight excluding hydrogens is 414 g/mol. The van der Waals surface area contributed by atoms with Crippen LogP contribution in [0, 0.1) is 0 Å². The Hall–Kier alpha value is -1.94. The standard InChI is InChI=1S/C16H12ClN3O3S3/c1-10(21)11-3-2-4-13(7-11)26(22,23)20-12-5-6-15(14(17)8-12)25-16-19-18-9-24-16/h2-9,20H,1H3. The van der Waals surface area contributed by atoms with Gasteiger partial charge in [0.1, 0.15) is 5.51 Å². The number of rotatable bonds is 6. The van der Waals surface area contributed by atoms with Crippen molar-refractivity contribution in [1.82, 2.24) is 10.2 Å². The molecule has 1 N–H and O–H groups in total. The van der Waals surface area contributed by atoms with E-state index in [0.717, 1.165) is 9.24 Å². The molecule has 0 amide bonds. The molecule has 0 fully saturated rings. The van der Waals surface area contributed by atoms with E-state index in [9.17, 15) is 13.2 Å². The quantitative estimate of drug-likeness (QED) is 0.590. The molecule has 0 bridgehead atoms. The second kappa shape index (κ2) is 7.75. The van der Waals surface area contributed by atoms with Crippen molar-refractivity contribution in [3.8, 4) is 0 Å². The van der Waals surface area contributed by atoms with Crippen molar-refractivity contribution in [2.75, 3.05) is 4.72 Å². The molecule has 0 saturated carbocycles. The topological polar surface area (TPSA) is 89.0 Å². The Kier molecular flexibility index (Phi) is 5.61. The molecule has 3 rings (SSSR count). The van der Waals surface area contributed by atoms with Gasteiger partial charge < -0.3 is 0 Å². The predicted molar refractivity (Wildman–Crippen MR) is 103 cm³/mol. The number of anilines is 1. The number of nitrogens with zero attached hydrogens (tertiary/aromatic N) is 2. The second-order valence-corrected chi connectivity index (χ2v) is 9.35. The molecule has 0 radical (unpaired) electrons. The van der Waals surface area contributed by atoms with Gasteiger partial charge in [-0.25, -0.2) is 8.42 Å². The molecule has 134 valence electrons. The van der Waals surface area contributed by atoms with Crippen LogP contribution < -0.4 is 4.72 Å². The molecule has 0 aliphatic rings. The summed E-state index contributed by atoms with van der Waals surface area (Å²) in [5, 5.41) is 8.08. The fraction of sp³-hybridized carbons (Fsp3) is 0.0625. The van der Waals surface area contributed by atoms with Gasteiger partial charge in [0.15, 0.2) is 10.1 Å². The van der Waals surface area contributed by atoms with Crippen LogP contribution in [0.5, 0.6) is 0 Å². The summed E-state index contributed by atoms with van der Waals surface area (Å²) >= 11 is 8.98. The van der Waals surface area contributed by atoms with Crippen molar-refractivity contribution < 1.29 is 13.2 Å². The average Bonchev–Trinajstić information content (AvgIpc) is 3.10. The summed E-state index contributed by atoms with van der Waals surface area (Å²) in [6, 6.07) is 10.7. The van der Waals surface area contributed by atoms with Crippen LogP contribution in [-0.2, 0) is 10.0 Å². The van der Waals surface area contributed by atoms with Gasteiger partial charge in [0, 0.05) is 10.5 Å². The summed E-state index contributed by atoms with van der Waals surface area (Å²) in [5.74, 6) is -0.205. The molecule has 3 aromatic rings. The molecule has 0 atom stereocenters. The third-order valence-corrected chi connectivity index (χ3v) is 6.93. The Morgan fingerprint density at radius 1 is 1.23 bits per heavy atom. The van der Waals surface area contributed by atoms with Gasteiger partial charge >= 0.3 is 0 Å². The maximum Gasteiger partial charge on any atom is 0.261 e. The summed E-state index contributed by atoms with van der Waals surface area (Å²) in [4.78, 5) is 12.2. The summed E-state index contributed by atoms with van der Waals surface area (Å²) in [7, 11) is -3.84. The largest absolute Gasteiger partial charge is 0.295 e. The summed E-state index contributed by atoms with van der Waals surface area (Å²) in [5.41, 5.74) is 2.27. The highest BCUT2D eigenvalue weighted by molar-refractivity contribution is 8.01. The van der Waals surface area contributed by atoms with E-state index in [1.165, 1.54) is 54.3 Å². The van der Waals surface area contributed by atoms with Crippen molar-refractivity contribution in [2.45, 2.75) is 21.1 Å². The van der Waals surface area contributed by atoms with Gasteiger partial charge in [0.25, 0.3) is 10.0 Å². The minimum absolute atomic E-state index is 0.00799. The van der Waals surface area contributed by atoms with Crippen molar-refractivity contribution in [1.29, 1.82) is 0 Å². The van der Waals surface area contributed by atoms with Crippen molar-refractivity contribution >= 4 is 56.2 Å². The van der Waals surface area contributed by atoms with Gasteiger partial charge in [-0.2, -0.15) is 0 Å². The summed E-state index contributed by atoms with van der Waals surface area (Å²) < 4.78 is 28.3. The molecule has 6 nitrogen and oxygen atoms in total. The zero-order chi connectivity index (χ0) is 18.7. The van der Waals surface area contributed by atoms with E-state index in [2.05, 4.69) is 14.9 Å². The number of sulfonamides is 1. The van der Waals surface area contributed by atoms with Crippen LogP contribution in [0.1, 0.15) is 17.3 Å². The van der Waals surface area contributed by atoms with E-state index in [0.29, 0.717) is 16.3 Å². The van der Waals surface area contributed by atoms with Crippen LogP contribution in [0.2, 0.25) is 5.02 Å². The number of benzene rings is 2. The number of carbonyl (C=O) groups excluding carboxylic acids is 1. The lowest BCUT2D eigenvalue weighted by Gasteiger charge is -2.10. The number of ketones is 1. The Labute approximate surface area is 163 Å². The van der Waals surface area contributed by atoms with Gasteiger partial charge in [0.2, 0.25) is 0 Å². The lowest BCUT2D eigenvalue weighted by atomic mass is 10.2. The van der Waals surface area contributed by atoms with E-state index < -0.39 is 10.0 Å². The maximum absolute atomic E-state index is 12.5. The predicted octanol–water partition coefficient (Wildman–Crippen LogP) is 4.35. The highest BCUT2D eigenvalue weighted by Crippen LogP contribution is 2.35. The van der Waals surface area contributed by atoms with Gasteiger partial charge in [-0.15, -0.1) is 10.2 Å². The molecular formula is C16H12ClN3O3S3. The Balaban J connectivity index is 1.82. The zero-order valence-electron chi connectivity index (χ0n) is 13.3. The van der Waals surface area contributed by atoms with Gasteiger partial charge in [-0.05, 0) is 37.3 Å². The fourth-order valence-electron chi connectivity index (χ4n) is 2.04. The van der Waals surface area contributed by atoms with E-state index in [4.69, 9.17) is 11.6 Å². The smallest absolute Gasteiger partial charge is 0.261 e. The normalized spacial score (nSPS) is 11.3. The monoisotopic (exact) mass is 425 g/mol. The Morgan fingerprint density at radius 3 is 2.69 bits per heavy atom. The van der Waals surface area contributed by atoms with Crippen molar-refractivity contribution in [3.63, 3.8) is 0 Å². The molecule has 1 aromatic heterocycles. The molecule has 26 heavy (non-hydrogen) atoms. The minimum Gasteiger partial charge on any atom is -0.295 e. The molecule has 0 aliphatic heterocycles. The molecule has 2 aromatic carbocycles. The lowest BCUT2D eigenvalue weighted by Crippen LogP contribution is -2.13. The molecule has 0 unspecified atom stereocenters. The molecule has 0 spiro atoms. The first-order chi connectivity index (χ1) is 12.3. The molecule has 1 heterocycles. The van der Waals surface area contributed by atoms with Crippen molar-refractivity contribution in [3.05, 3.63) is 58.6 Å². The van der Waals surface area contributed by atoms with E-state index >= 15 is 0 Å². The molecule has 0 aliphatic carbocycles. The number of nitrogens with one attached hydrogen (secondary N) is 1. The fourth-order valence-corrected chi connectivity index (χ4v) is 4.87. The summed E-state index contributed by atoms with van der Waals surface area (Å²) in [6.07, 6.45) is 0. The highest BCUT2D eigenvalue weighted by atomic mass is 35.5. The second-order valence-electron chi connectivity index (χ2n) is 5.14. The summed E-state index contributed by atoms with van der Waals surface area (Å²) in [6.45, 7) is 1.38. The molecule has 10 heteroatoms. The number of carbonyl (C=O) groups is 1. The maximum atomic E-state index is 12.5. The van der Waals surface area contributed by atoms with Gasteiger partial charge in [-0.1, -0.05) is 46.8 Å². The van der Waals surface area contributed by atoms with E-state index in [-0.39, 0.29) is 10.7 Å². The van der Waals surface area contributed by atoms with Crippen LogP contribution in [0.4, 0.5) is 5.69 Å². The van der Waals surface area contributed by atoms with Crippen LogP contribution >= 0.6 is 34.7 Å². The van der Waals surface area contributed by atoms with Crippen LogP contribution in [0.3, 0.4) is 0 Å². The number of aromatic nitrogens is 2. The van der Waals surface area contributed by atoms with Crippen LogP contribution in [0.15, 0.2) is 62.1 Å². The average molecular weight is 426 g/mol. The first-order valence-electron chi connectivity index (χ1n) is 7.22. The van der Waals surface area contributed by atoms with Gasteiger partial charge in [-0.3, -0.25) is 9.52 Å². The van der Waals surface area contributed by atoms with Crippen LogP contribution in [0.25, 0.3) is 0 Å². The van der Waals surface area contributed by atoms with Gasteiger partial charge in [0.05, 0.1) is 15.6 Å². The number of hydrogen-bond acceptors (Lipinski definition) is 7. The van der Waals surface area contributed by atoms with E-state index in [1.807, 2.05) is 0 Å². The first-order valence-corrected chi connectivity index (χ1v) is 10.8. The Morgan fingerprint density at radius 2 is 2.04 bits per heavy atom. The zero-order valence-corrected chi connectivity index (χ0v) is 16.5.